The summed E-state index contributed by atoms with van der Waals surface area (Å²) in [5.41, 5.74) is 3.66. The molecule has 0 bridgehead atoms. The molecule has 2 aliphatic rings. The van der Waals surface area contributed by atoms with Crippen LogP contribution in [0.2, 0.25) is 0 Å². The van der Waals surface area contributed by atoms with E-state index in [1.807, 2.05) is 41.8 Å². The summed E-state index contributed by atoms with van der Waals surface area (Å²) < 4.78 is 14.0. The number of piperazine rings is 1. The number of rotatable bonds is 3. The highest BCUT2D eigenvalue weighted by atomic mass is 19.1. The molecule has 2 amide bonds. The van der Waals surface area contributed by atoms with Crippen molar-refractivity contribution in [2.24, 2.45) is 5.92 Å². The average Bonchev–Trinajstić information content (AvgIpc) is 3.09. The highest BCUT2D eigenvalue weighted by Gasteiger charge is 2.38. The summed E-state index contributed by atoms with van der Waals surface area (Å²) in [6.07, 6.45) is 0.249. The number of nitrogens with zero attached hydrogens (tertiary/aromatic N) is 3. The Balaban J connectivity index is 1.39. The fourth-order valence-corrected chi connectivity index (χ4v) is 4.36. The number of amides is 2. The minimum absolute atomic E-state index is 0.00153. The third kappa shape index (κ3) is 3.97. The summed E-state index contributed by atoms with van der Waals surface area (Å²) in [4.78, 5) is 31.1. The molecule has 2 aromatic carbocycles. The second kappa shape index (κ2) is 7.85. The molecule has 4 rings (SSSR count). The van der Waals surface area contributed by atoms with E-state index in [4.69, 9.17) is 0 Å². The summed E-state index contributed by atoms with van der Waals surface area (Å²) in [7, 11) is 0. The molecule has 0 spiro atoms. The fraction of sp³-hybridized carbons (Fsp3) is 0.391. The van der Waals surface area contributed by atoms with Gasteiger partial charge in [-0.2, -0.15) is 0 Å². The Morgan fingerprint density at radius 2 is 1.66 bits per heavy atom. The smallest absolute Gasteiger partial charge is 0.228 e. The molecule has 6 heteroatoms. The van der Waals surface area contributed by atoms with Gasteiger partial charge in [0, 0.05) is 44.8 Å². The number of anilines is 2. The van der Waals surface area contributed by atoms with Gasteiger partial charge in [0.15, 0.2) is 0 Å². The van der Waals surface area contributed by atoms with Crippen LogP contribution in [0.15, 0.2) is 42.5 Å². The molecule has 0 aliphatic carbocycles. The number of para-hydroxylation sites is 1. The highest BCUT2D eigenvalue weighted by Crippen LogP contribution is 2.28. The molecular formula is C23H26FN3O2. The number of benzene rings is 2. The van der Waals surface area contributed by atoms with Gasteiger partial charge in [0.1, 0.15) is 5.82 Å². The quantitative estimate of drug-likeness (QED) is 0.802. The lowest BCUT2D eigenvalue weighted by Gasteiger charge is -2.37. The minimum atomic E-state index is -0.316. The van der Waals surface area contributed by atoms with Crippen molar-refractivity contribution in [1.82, 2.24) is 4.90 Å². The molecule has 2 heterocycles. The zero-order valence-electron chi connectivity index (χ0n) is 16.9. The first-order valence-corrected chi connectivity index (χ1v) is 10.1. The average molecular weight is 395 g/mol. The second-order valence-corrected chi connectivity index (χ2v) is 8.02. The topological polar surface area (TPSA) is 43.9 Å². The Bertz CT molecular complexity index is 917. The molecule has 0 radical (unpaired) electrons. The first-order valence-electron chi connectivity index (χ1n) is 10.1. The highest BCUT2D eigenvalue weighted by molar-refractivity contribution is 6.00. The molecule has 29 heavy (non-hydrogen) atoms. The fourth-order valence-electron chi connectivity index (χ4n) is 4.36. The summed E-state index contributed by atoms with van der Waals surface area (Å²) in [5.74, 6) is -0.530. The van der Waals surface area contributed by atoms with Gasteiger partial charge in [-0.25, -0.2) is 4.39 Å². The van der Waals surface area contributed by atoms with Crippen molar-refractivity contribution in [2.75, 3.05) is 42.5 Å². The third-order valence-electron chi connectivity index (χ3n) is 5.78. The van der Waals surface area contributed by atoms with E-state index >= 15 is 0 Å². The van der Waals surface area contributed by atoms with Crippen LogP contribution in [0, 0.1) is 25.6 Å². The standard InChI is InChI=1S/C23H26FN3O2/c1-16-11-17(2)13-19(12-16)27-15-18(14-22(27)28)23(29)26-9-7-25(8-10-26)21-6-4-3-5-20(21)24/h3-6,11-13,18H,7-10,14-15H2,1-2H3/t18-/m1/s1. The third-order valence-corrected chi connectivity index (χ3v) is 5.78. The Kier molecular flexibility index (Phi) is 5.26. The lowest BCUT2D eigenvalue weighted by molar-refractivity contribution is -0.136. The van der Waals surface area contributed by atoms with E-state index in [0.717, 1.165) is 16.8 Å². The van der Waals surface area contributed by atoms with Crippen molar-refractivity contribution in [3.63, 3.8) is 0 Å². The van der Waals surface area contributed by atoms with Crippen molar-refractivity contribution in [1.29, 1.82) is 0 Å². The molecule has 0 saturated carbocycles. The van der Waals surface area contributed by atoms with E-state index in [0.29, 0.717) is 38.4 Å². The minimum Gasteiger partial charge on any atom is -0.366 e. The number of hydrogen-bond acceptors (Lipinski definition) is 3. The zero-order valence-corrected chi connectivity index (χ0v) is 16.9. The summed E-state index contributed by atoms with van der Waals surface area (Å²) >= 11 is 0. The lowest BCUT2D eigenvalue weighted by Crippen LogP contribution is -2.51. The van der Waals surface area contributed by atoms with Crippen molar-refractivity contribution >= 4 is 23.2 Å². The number of carbonyl (C=O) groups is 2. The van der Waals surface area contributed by atoms with Gasteiger partial charge in [-0.05, 0) is 49.2 Å². The van der Waals surface area contributed by atoms with Crippen LogP contribution in [-0.2, 0) is 9.59 Å². The van der Waals surface area contributed by atoms with Gasteiger partial charge in [0.25, 0.3) is 0 Å². The summed E-state index contributed by atoms with van der Waals surface area (Å²) in [6, 6.07) is 12.8. The van der Waals surface area contributed by atoms with E-state index in [-0.39, 0.29) is 30.0 Å². The van der Waals surface area contributed by atoms with Crippen molar-refractivity contribution in [3.05, 3.63) is 59.4 Å². The number of hydrogen-bond donors (Lipinski definition) is 0. The maximum atomic E-state index is 14.0. The molecule has 2 aliphatic heterocycles. The number of carbonyl (C=O) groups excluding carboxylic acids is 2. The summed E-state index contributed by atoms with van der Waals surface area (Å²) in [6.45, 7) is 6.71. The molecule has 2 saturated heterocycles. The van der Waals surface area contributed by atoms with Crippen LogP contribution in [0.5, 0.6) is 0 Å². The molecule has 0 N–H and O–H groups in total. The van der Waals surface area contributed by atoms with Crippen LogP contribution in [0.3, 0.4) is 0 Å². The largest absolute Gasteiger partial charge is 0.366 e. The molecule has 1 atom stereocenters. The SMILES string of the molecule is Cc1cc(C)cc(N2C[C@H](C(=O)N3CCN(c4ccccc4F)CC3)CC2=O)c1. The van der Waals surface area contributed by atoms with E-state index < -0.39 is 0 Å². The van der Waals surface area contributed by atoms with E-state index in [1.165, 1.54) is 6.07 Å². The molecule has 152 valence electrons. The van der Waals surface area contributed by atoms with Gasteiger partial charge in [0.2, 0.25) is 11.8 Å². The Morgan fingerprint density at radius 1 is 1.00 bits per heavy atom. The van der Waals surface area contributed by atoms with E-state index in [2.05, 4.69) is 6.07 Å². The van der Waals surface area contributed by atoms with Crippen LogP contribution in [0.25, 0.3) is 0 Å². The van der Waals surface area contributed by atoms with E-state index in [1.54, 1.807) is 17.0 Å². The predicted octanol–water partition coefficient (Wildman–Crippen LogP) is 3.14. The van der Waals surface area contributed by atoms with Crippen LogP contribution >= 0.6 is 0 Å². The molecule has 5 nitrogen and oxygen atoms in total. The van der Waals surface area contributed by atoms with Crippen LogP contribution in [0.1, 0.15) is 17.5 Å². The maximum Gasteiger partial charge on any atom is 0.228 e. The van der Waals surface area contributed by atoms with Gasteiger partial charge < -0.3 is 14.7 Å². The van der Waals surface area contributed by atoms with Crippen LogP contribution in [0.4, 0.5) is 15.8 Å². The van der Waals surface area contributed by atoms with Crippen molar-refractivity contribution in [3.8, 4) is 0 Å². The summed E-state index contributed by atoms with van der Waals surface area (Å²) in [5, 5.41) is 0. The lowest BCUT2D eigenvalue weighted by atomic mass is 10.1. The molecule has 2 fully saturated rings. The Labute approximate surface area is 170 Å². The van der Waals surface area contributed by atoms with Gasteiger partial charge in [-0.3, -0.25) is 9.59 Å². The van der Waals surface area contributed by atoms with Gasteiger partial charge in [-0.1, -0.05) is 18.2 Å². The van der Waals surface area contributed by atoms with Crippen LogP contribution in [-0.4, -0.2) is 49.4 Å². The van der Waals surface area contributed by atoms with E-state index in [9.17, 15) is 14.0 Å². The maximum absolute atomic E-state index is 14.0. The number of halogens is 1. The van der Waals surface area contributed by atoms with Crippen molar-refractivity contribution < 1.29 is 14.0 Å². The second-order valence-electron chi connectivity index (χ2n) is 8.02. The number of aryl methyl sites for hydroxylation is 2. The Morgan fingerprint density at radius 3 is 2.31 bits per heavy atom. The first kappa shape index (κ1) is 19.4. The van der Waals surface area contributed by atoms with Gasteiger partial charge in [0.05, 0.1) is 11.6 Å². The Hall–Kier alpha value is -2.89. The van der Waals surface area contributed by atoms with Crippen LogP contribution < -0.4 is 9.80 Å². The normalized spacial score (nSPS) is 19.8. The van der Waals surface area contributed by atoms with Gasteiger partial charge >= 0.3 is 0 Å². The van der Waals surface area contributed by atoms with Crippen molar-refractivity contribution in [2.45, 2.75) is 20.3 Å². The monoisotopic (exact) mass is 395 g/mol. The predicted molar refractivity (Wildman–Crippen MR) is 112 cm³/mol. The van der Waals surface area contributed by atoms with Gasteiger partial charge in [-0.15, -0.1) is 0 Å². The first-order chi connectivity index (χ1) is 13.9. The zero-order chi connectivity index (χ0) is 20.5. The molecule has 0 aromatic heterocycles. The molecule has 2 aromatic rings. The molecular weight excluding hydrogens is 369 g/mol. The molecule has 0 unspecified atom stereocenters.